The van der Waals surface area contributed by atoms with Crippen LogP contribution < -0.4 is 10.6 Å². The standard InChI is InChI=1S/C10H20N2OS/c1-3-6-11-10(14)12-8-4-5-9(7-8)13-2/h8-9H,3-7H2,1-2H3,(H2,11,12,14). The van der Waals surface area contributed by atoms with Crippen LogP contribution in [0.25, 0.3) is 0 Å². The Bertz CT molecular complexity index is 187. The van der Waals surface area contributed by atoms with Crippen LogP contribution in [-0.4, -0.2) is 30.9 Å². The van der Waals surface area contributed by atoms with Gasteiger partial charge in [-0.05, 0) is 37.9 Å². The summed E-state index contributed by atoms with van der Waals surface area (Å²) in [7, 11) is 1.78. The summed E-state index contributed by atoms with van der Waals surface area (Å²) in [6.07, 6.45) is 4.90. The van der Waals surface area contributed by atoms with Gasteiger partial charge in [0, 0.05) is 19.7 Å². The number of hydrogen-bond donors (Lipinski definition) is 2. The molecule has 1 rings (SSSR count). The van der Waals surface area contributed by atoms with Crippen LogP contribution >= 0.6 is 12.2 Å². The lowest BCUT2D eigenvalue weighted by Gasteiger charge is -2.15. The summed E-state index contributed by atoms with van der Waals surface area (Å²) in [6, 6.07) is 0.497. The van der Waals surface area contributed by atoms with Gasteiger partial charge in [0.15, 0.2) is 5.11 Å². The Morgan fingerprint density at radius 1 is 1.50 bits per heavy atom. The third kappa shape index (κ3) is 3.80. The van der Waals surface area contributed by atoms with Crippen molar-refractivity contribution >= 4 is 17.3 Å². The van der Waals surface area contributed by atoms with Crippen LogP contribution in [0.1, 0.15) is 32.6 Å². The third-order valence-electron chi connectivity index (χ3n) is 2.59. The molecule has 1 saturated carbocycles. The van der Waals surface area contributed by atoms with Gasteiger partial charge in [-0.3, -0.25) is 0 Å². The van der Waals surface area contributed by atoms with E-state index < -0.39 is 0 Å². The third-order valence-corrected chi connectivity index (χ3v) is 2.85. The average Bonchev–Trinajstić information content (AvgIpc) is 2.62. The van der Waals surface area contributed by atoms with Gasteiger partial charge in [-0.15, -0.1) is 0 Å². The van der Waals surface area contributed by atoms with E-state index >= 15 is 0 Å². The minimum atomic E-state index is 0.418. The monoisotopic (exact) mass is 216 g/mol. The summed E-state index contributed by atoms with van der Waals surface area (Å²) >= 11 is 5.17. The van der Waals surface area contributed by atoms with Crippen LogP contribution in [0.2, 0.25) is 0 Å². The molecule has 0 aromatic rings. The molecule has 0 heterocycles. The van der Waals surface area contributed by atoms with Gasteiger partial charge in [-0.1, -0.05) is 6.92 Å². The first kappa shape index (κ1) is 11.7. The quantitative estimate of drug-likeness (QED) is 0.697. The van der Waals surface area contributed by atoms with E-state index in [2.05, 4.69) is 17.6 Å². The Morgan fingerprint density at radius 2 is 2.29 bits per heavy atom. The van der Waals surface area contributed by atoms with Crippen molar-refractivity contribution in [2.75, 3.05) is 13.7 Å². The van der Waals surface area contributed by atoms with Crippen molar-refractivity contribution in [2.45, 2.75) is 44.8 Å². The molecule has 1 aliphatic carbocycles. The normalized spacial score (nSPS) is 26.1. The highest BCUT2D eigenvalue weighted by Crippen LogP contribution is 2.21. The molecule has 0 spiro atoms. The maximum atomic E-state index is 5.30. The Morgan fingerprint density at radius 3 is 2.86 bits per heavy atom. The molecule has 0 radical (unpaired) electrons. The molecule has 0 saturated heterocycles. The molecule has 0 aromatic carbocycles. The van der Waals surface area contributed by atoms with E-state index in [0.717, 1.165) is 37.3 Å². The molecule has 2 atom stereocenters. The molecule has 1 aliphatic rings. The summed E-state index contributed by atoms with van der Waals surface area (Å²) in [4.78, 5) is 0. The summed E-state index contributed by atoms with van der Waals surface area (Å²) in [6.45, 7) is 3.08. The van der Waals surface area contributed by atoms with E-state index in [1.807, 2.05) is 0 Å². The Balaban J connectivity index is 2.15. The number of rotatable bonds is 4. The zero-order valence-electron chi connectivity index (χ0n) is 9.01. The first-order valence-electron chi connectivity index (χ1n) is 5.33. The van der Waals surface area contributed by atoms with Crippen molar-refractivity contribution in [3.05, 3.63) is 0 Å². The lowest BCUT2D eigenvalue weighted by atomic mass is 10.2. The van der Waals surface area contributed by atoms with E-state index in [4.69, 9.17) is 17.0 Å². The largest absolute Gasteiger partial charge is 0.381 e. The molecular weight excluding hydrogens is 196 g/mol. The van der Waals surface area contributed by atoms with Gasteiger partial charge in [-0.25, -0.2) is 0 Å². The van der Waals surface area contributed by atoms with Crippen LogP contribution in [0.5, 0.6) is 0 Å². The van der Waals surface area contributed by atoms with Crippen LogP contribution in [0.3, 0.4) is 0 Å². The summed E-state index contributed by atoms with van der Waals surface area (Å²) in [5.74, 6) is 0. The smallest absolute Gasteiger partial charge is 0.166 e. The zero-order valence-corrected chi connectivity index (χ0v) is 9.82. The fourth-order valence-corrected chi connectivity index (χ4v) is 2.03. The molecule has 14 heavy (non-hydrogen) atoms. The van der Waals surface area contributed by atoms with E-state index in [1.165, 1.54) is 0 Å². The van der Waals surface area contributed by atoms with Crippen molar-refractivity contribution in [1.29, 1.82) is 0 Å². The summed E-state index contributed by atoms with van der Waals surface area (Å²) in [5, 5.41) is 7.28. The first-order valence-corrected chi connectivity index (χ1v) is 5.74. The Kier molecular flexibility index (Phi) is 5.19. The van der Waals surface area contributed by atoms with E-state index in [1.54, 1.807) is 7.11 Å². The molecule has 82 valence electrons. The fourth-order valence-electron chi connectivity index (χ4n) is 1.76. The molecule has 2 unspecified atom stereocenters. The lowest BCUT2D eigenvalue weighted by molar-refractivity contribution is 0.107. The number of methoxy groups -OCH3 is 1. The average molecular weight is 216 g/mol. The van der Waals surface area contributed by atoms with Crippen LogP contribution in [0.15, 0.2) is 0 Å². The van der Waals surface area contributed by atoms with Gasteiger partial charge in [0.2, 0.25) is 0 Å². The van der Waals surface area contributed by atoms with Gasteiger partial charge < -0.3 is 15.4 Å². The van der Waals surface area contributed by atoms with Crippen molar-refractivity contribution in [2.24, 2.45) is 0 Å². The Labute approximate surface area is 91.6 Å². The maximum Gasteiger partial charge on any atom is 0.166 e. The molecule has 0 bridgehead atoms. The van der Waals surface area contributed by atoms with Crippen molar-refractivity contribution in [1.82, 2.24) is 10.6 Å². The summed E-state index contributed by atoms with van der Waals surface area (Å²) in [5.41, 5.74) is 0. The number of thiocarbonyl (C=S) groups is 1. The first-order chi connectivity index (χ1) is 6.76. The van der Waals surface area contributed by atoms with Crippen molar-refractivity contribution < 1.29 is 4.74 Å². The van der Waals surface area contributed by atoms with Crippen molar-refractivity contribution in [3.8, 4) is 0 Å². The number of ether oxygens (including phenoxy) is 1. The predicted octanol–water partition coefficient (Wildman–Crippen LogP) is 1.43. The number of hydrogen-bond acceptors (Lipinski definition) is 2. The van der Waals surface area contributed by atoms with Gasteiger partial charge in [0.25, 0.3) is 0 Å². The van der Waals surface area contributed by atoms with Crippen molar-refractivity contribution in [3.63, 3.8) is 0 Å². The van der Waals surface area contributed by atoms with Gasteiger partial charge >= 0.3 is 0 Å². The van der Waals surface area contributed by atoms with Gasteiger partial charge in [-0.2, -0.15) is 0 Å². The Hall–Kier alpha value is -0.350. The van der Waals surface area contributed by atoms with E-state index in [0.29, 0.717) is 12.1 Å². The molecule has 0 aromatic heterocycles. The van der Waals surface area contributed by atoms with Gasteiger partial charge in [0.1, 0.15) is 0 Å². The topological polar surface area (TPSA) is 33.3 Å². The van der Waals surface area contributed by atoms with E-state index in [-0.39, 0.29) is 0 Å². The molecule has 3 nitrogen and oxygen atoms in total. The van der Waals surface area contributed by atoms with Crippen LogP contribution in [0, 0.1) is 0 Å². The van der Waals surface area contributed by atoms with Crippen LogP contribution in [0.4, 0.5) is 0 Å². The minimum Gasteiger partial charge on any atom is -0.381 e. The second-order valence-electron chi connectivity index (χ2n) is 3.77. The highest BCUT2D eigenvalue weighted by Gasteiger charge is 2.24. The second kappa shape index (κ2) is 6.19. The number of nitrogens with one attached hydrogen (secondary N) is 2. The molecule has 0 amide bonds. The van der Waals surface area contributed by atoms with Crippen LogP contribution in [-0.2, 0) is 4.74 Å². The lowest BCUT2D eigenvalue weighted by Crippen LogP contribution is -2.41. The highest BCUT2D eigenvalue weighted by molar-refractivity contribution is 7.80. The fraction of sp³-hybridized carbons (Fsp3) is 0.900. The predicted molar refractivity (Wildman–Crippen MR) is 62.5 cm³/mol. The maximum absolute atomic E-state index is 5.30. The molecular formula is C10H20N2OS. The molecule has 2 N–H and O–H groups in total. The van der Waals surface area contributed by atoms with Gasteiger partial charge in [0.05, 0.1) is 6.10 Å². The zero-order chi connectivity index (χ0) is 10.4. The second-order valence-corrected chi connectivity index (χ2v) is 4.18. The molecule has 0 aliphatic heterocycles. The summed E-state index contributed by atoms with van der Waals surface area (Å²) < 4.78 is 5.30. The molecule has 1 fully saturated rings. The SMILES string of the molecule is CCCNC(=S)NC1CCC(OC)C1. The molecule has 4 heteroatoms. The highest BCUT2D eigenvalue weighted by atomic mass is 32.1. The van der Waals surface area contributed by atoms with E-state index in [9.17, 15) is 0 Å². The minimum absolute atomic E-state index is 0.418.